The van der Waals surface area contributed by atoms with Crippen molar-refractivity contribution >= 4 is 5.91 Å². The van der Waals surface area contributed by atoms with Crippen molar-refractivity contribution in [2.75, 3.05) is 26.7 Å². The lowest BCUT2D eigenvalue weighted by Gasteiger charge is -2.40. The number of carbonyl (C=O) groups is 1. The lowest BCUT2D eigenvalue weighted by molar-refractivity contribution is -0.137. The van der Waals surface area contributed by atoms with Crippen LogP contribution in [0.4, 0.5) is 0 Å². The first-order valence-electron chi connectivity index (χ1n) is 7.84. The molecule has 1 amide bonds. The molecule has 1 aliphatic heterocycles. The second-order valence-corrected chi connectivity index (χ2v) is 6.17. The van der Waals surface area contributed by atoms with Gasteiger partial charge in [0.15, 0.2) is 0 Å². The Labute approximate surface area is 127 Å². The molecule has 1 heterocycles. The molecule has 4 nitrogen and oxygen atoms in total. The van der Waals surface area contributed by atoms with Crippen molar-refractivity contribution in [3.8, 4) is 0 Å². The number of hydrogen-bond donors (Lipinski definition) is 1. The average Bonchev–Trinajstić information content (AvgIpc) is 2.47. The summed E-state index contributed by atoms with van der Waals surface area (Å²) in [5.74, 6) is 0.711. The van der Waals surface area contributed by atoms with Gasteiger partial charge in [0, 0.05) is 25.7 Å². The first-order chi connectivity index (χ1) is 10.1. The van der Waals surface area contributed by atoms with Crippen LogP contribution >= 0.6 is 0 Å². The van der Waals surface area contributed by atoms with Gasteiger partial charge < -0.3 is 10.6 Å². The monoisotopic (exact) mass is 289 g/mol. The number of nitrogens with two attached hydrogens (primary N) is 1. The van der Waals surface area contributed by atoms with E-state index in [0.29, 0.717) is 19.0 Å². The molecule has 0 spiro atoms. The van der Waals surface area contributed by atoms with Crippen LogP contribution in [-0.2, 0) is 11.3 Å². The van der Waals surface area contributed by atoms with Gasteiger partial charge in [-0.3, -0.25) is 9.69 Å². The molecule has 2 atom stereocenters. The fraction of sp³-hybridized carbons (Fsp3) is 0.588. The number of hydrogen-bond acceptors (Lipinski definition) is 3. The third-order valence-corrected chi connectivity index (χ3v) is 4.38. The SMILES string of the molecule is C[C@H]1CCCN(C(=O)CN(C)Cc2ccccc2)[C@@H]1CN. The van der Waals surface area contributed by atoms with Gasteiger partial charge in [-0.1, -0.05) is 37.3 Å². The highest BCUT2D eigenvalue weighted by Gasteiger charge is 2.30. The number of benzene rings is 1. The van der Waals surface area contributed by atoms with Gasteiger partial charge >= 0.3 is 0 Å². The maximum atomic E-state index is 12.5. The number of nitrogens with zero attached hydrogens (tertiary/aromatic N) is 2. The van der Waals surface area contributed by atoms with E-state index in [2.05, 4.69) is 24.0 Å². The van der Waals surface area contributed by atoms with Crippen LogP contribution in [0.3, 0.4) is 0 Å². The van der Waals surface area contributed by atoms with Crippen molar-refractivity contribution in [1.29, 1.82) is 0 Å². The Morgan fingerprint density at radius 3 is 2.76 bits per heavy atom. The second-order valence-electron chi connectivity index (χ2n) is 6.17. The van der Waals surface area contributed by atoms with Gasteiger partial charge in [0.2, 0.25) is 5.91 Å². The summed E-state index contributed by atoms with van der Waals surface area (Å²) in [6.45, 7) is 4.87. The van der Waals surface area contributed by atoms with Crippen molar-refractivity contribution in [1.82, 2.24) is 9.80 Å². The molecule has 1 aliphatic rings. The van der Waals surface area contributed by atoms with E-state index in [1.165, 1.54) is 12.0 Å². The Morgan fingerprint density at radius 2 is 2.10 bits per heavy atom. The van der Waals surface area contributed by atoms with Crippen molar-refractivity contribution in [3.63, 3.8) is 0 Å². The topological polar surface area (TPSA) is 49.6 Å². The Hall–Kier alpha value is -1.39. The van der Waals surface area contributed by atoms with Crippen LogP contribution in [0.5, 0.6) is 0 Å². The zero-order valence-corrected chi connectivity index (χ0v) is 13.2. The largest absolute Gasteiger partial charge is 0.337 e. The van der Waals surface area contributed by atoms with Gasteiger partial charge in [0.05, 0.1) is 6.54 Å². The van der Waals surface area contributed by atoms with Crippen molar-refractivity contribution in [2.24, 2.45) is 11.7 Å². The van der Waals surface area contributed by atoms with Crippen LogP contribution in [0.2, 0.25) is 0 Å². The molecule has 0 saturated carbocycles. The summed E-state index contributed by atoms with van der Waals surface area (Å²) in [6, 6.07) is 10.5. The van der Waals surface area contributed by atoms with Crippen LogP contribution in [0, 0.1) is 5.92 Å². The van der Waals surface area contributed by atoms with Crippen molar-refractivity contribution in [2.45, 2.75) is 32.4 Å². The normalized spacial score (nSPS) is 22.6. The van der Waals surface area contributed by atoms with E-state index in [1.807, 2.05) is 30.1 Å². The predicted molar refractivity (Wildman–Crippen MR) is 85.7 cm³/mol. The lowest BCUT2D eigenvalue weighted by atomic mass is 9.90. The summed E-state index contributed by atoms with van der Waals surface area (Å²) in [5.41, 5.74) is 7.10. The summed E-state index contributed by atoms with van der Waals surface area (Å²) in [4.78, 5) is 16.6. The Bertz CT molecular complexity index is 449. The summed E-state index contributed by atoms with van der Waals surface area (Å²) < 4.78 is 0. The van der Waals surface area contributed by atoms with Crippen LogP contribution in [0.1, 0.15) is 25.3 Å². The minimum absolute atomic E-state index is 0.204. The molecule has 116 valence electrons. The lowest BCUT2D eigenvalue weighted by Crippen LogP contribution is -2.53. The molecule has 0 bridgehead atoms. The summed E-state index contributed by atoms with van der Waals surface area (Å²) >= 11 is 0. The Kier molecular flexibility index (Phi) is 5.76. The predicted octanol–water partition coefficient (Wildman–Crippen LogP) is 1.70. The molecule has 1 aromatic rings. The molecular formula is C17H27N3O. The molecule has 2 rings (SSSR count). The van der Waals surface area contributed by atoms with E-state index in [0.717, 1.165) is 19.5 Å². The van der Waals surface area contributed by atoms with E-state index in [-0.39, 0.29) is 11.9 Å². The molecule has 0 aliphatic carbocycles. The zero-order chi connectivity index (χ0) is 15.2. The van der Waals surface area contributed by atoms with Crippen molar-refractivity contribution in [3.05, 3.63) is 35.9 Å². The van der Waals surface area contributed by atoms with E-state index >= 15 is 0 Å². The number of carbonyl (C=O) groups excluding carboxylic acids is 1. The van der Waals surface area contributed by atoms with Crippen molar-refractivity contribution < 1.29 is 4.79 Å². The Morgan fingerprint density at radius 1 is 1.38 bits per heavy atom. The van der Waals surface area contributed by atoms with E-state index in [9.17, 15) is 4.79 Å². The van der Waals surface area contributed by atoms with Gasteiger partial charge in [0.25, 0.3) is 0 Å². The third kappa shape index (κ3) is 4.29. The maximum Gasteiger partial charge on any atom is 0.237 e. The molecule has 0 aromatic heterocycles. The first kappa shape index (κ1) is 16.0. The number of likely N-dealkylation sites (N-methyl/N-ethyl adjacent to an activating group) is 1. The molecule has 1 fully saturated rings. The van der Waals surface area contributed by atoms with Crippen LogP contribution in [0.25, 0.3) is 0 Å². The van der Waals surface area contributed by atoms with E-state index in [1.54, 1.807) is 0 Å². The summed E-state index contributed by atoms with van der Waals surface area (Å²) in [7, 11) is 2.00. The smallest absolute Gasteiger partial charge is 0.237 e. The highest BCUT2D eigenvalue weighted by Crippen LogP contribution is 2.22. The second kappa shape index (κ2) is 7.57. The number of amides is 1. The maximum absolute atomic E-state index is 12.5. The molecular weight excluding hydrogens is 262 g/mol. The van der Waals surface area contributed by atoms with E-state index < -0.39 is 0 Å². The number of likely N-dealkylation sites (tertiary alicyclic amines) is 1. The quantitative estimate of drug-likeness (QED) is 0.897. The molecule has 0 unspecified atom stereocenters. The average molecular weight is 289 g/mol. The van der Waals surface area contributed by atoms with Crippen LogP contribution in [0.15, 0.2) is 30.3 Å². The molecule has 1 aromatic carbocycles. The Balaban J connectivity index is 1.90. The minimum Gasteiger partial charge on any atom is -0.337 e. The zero-order valence-electron chi connectivity index (χ0n) is 13.2. The van der Waals surface area contributed by atoms with Gasteiger partial charge in [0.1, 0.15) is 0 Å². The van der Waals surface area contributed by atoms with Crippen LogP contribution < -0.4 is 5.73 Å². The van der Waals surface area contributed by atoms with Gasteiger partial charge in [-0.25, -0.2) is 0 Å². The molecule has 4 heteroatoms. The van der Waals surface area contributed by atoms with Gasteiger partial charge in [-0.2, -0.15) is 0 Å². The fourth-order valence-corrected chi connectivity index (χ4v) is 3.19. The minimum atomic E-state index is 0.204. The third-order valence-electron chi connectivity index (χ3n) is 4.38. The summed E-state index contributed by atoms with van der Waals surface area (Å²) in [6.07, 6.45) is 2.26. The van der Waals surface area contributed by atoms with Crippen LogP contribution in [-0.4, -0.2) is 48.4 Å². The standard InChI is InChI=1S/C17H27N3O/c1-14-7-6-10-20(16(14)11-18)17(21)13-19(2)12-15-8-4-3-5-9-15/h3-5,8-9,14,16H,6-7,10-13,18H2,1-2H3/t14-,16+/m0/s1. The van der Waals surface area contributed by atoms with Gasteiger partial charge in [-0.15, -0.1) is 0 Å². The van der Waals surface area contributed by atoms with Gasteiger partial charge in [-0.05, 0) is 31.4 Å². The summed E-state index contributed by atoms with van der Waals surface area (Å²) in [5, 5.41) is 0. The molecule has 0 radical (unpaired) electrons. The van der Waals surface area contributed by atoms with E-state index in [4.69, 9.17) is 5.73 Å². The highest BCUT2D eigenvalue weighted by atomic mass is 16.2. The molecule has 2 N–H and O–H groups in total. The fourth-order valence-electron chi connectivity index (χ4n) is 3.19. The number of piperidine rings is 1. The number of rotatable bonds is 5. The molecule has 21 heavy (non-hydrogen) atoms. The highest BCUT2D eigenvalue weighted by molar-refractivity contribution is 5.78. The first-order valence-corrected chi connectivity index (χ1v) is 7.84. The molecule has 1 saturated heterocycles.